The molecule has 9 heteroatoms. The van der Waals surface area contributed by atoms with Crippen LogP contribution in [0.1, 0.15) is 28.1 Å². The van der Waals surface area contributed by atoms with Crippen LogP contribution in [0.25, 0.3) is 0 Å². The molecule has 0 radical (unpaired) electrons. The summed E-state index contributed by atoms with van der Waals surface area (Å²) in [5.74, 6) is -0.665. The van der Waals surface area contributed by atoms with E-state index < -0.39 is 23.7 Å². The van der Waals surface area contributed by atoms with Crippen molar-refractivity contribution >= 4 is 28.8 Å². The largest absolute Gasteiger partial charge is 0.416 e. The molecule has 1 saturated heterocycles. The molecule has 26 heavy (non-hydrogen) atoms. The topological polar surface area (TPSA) is 61.4 Å². The van der Waals surface area contributed by atoms with Gasteiger partial charge in [-0.1, -0.05) is 12.1 Å². The third kappa shape index (κ3) is 3.98. The van der Waals surface area contributed by atoms with Crippen LogP contribution in [0.4, 0.5) is 18.9 Å². The predicted octanol–water partition coefficient (Wildman–Crippen LogP) is 3.51. The van der Waals surface area contributed by atoms with Crippen molar-refractivity contribution in [3.05, 3.63) is 52.2 Å². The van der Waals surface area contributed by atoms with Gasteiger partial charge in [-0.05, 0) is 42.5 Å². The molecule has 0 bridgehead atoms. The Morgan fingerprint density at radius 1 is 1.19 bits per heavy atom. The zero-order valence-electron chi connectivity index (χ0n) is 13.5. The Morgan fingerprint density at radius 2 is 2.00 bits per heavy atom. The third-order valence-electron chi connectivity index (χ3n) is 4.07. The van der Waals surface area contributed by atoms with Crippen molar-refractivity contribution in [1.29, 1.82) is 0 Å². The minimum Gasteiger partial charge on any atom is -0.326 e. The molecule has 1 atom stereocenters. The molecule has 1 fully saturated rings. The number of likely N-dealkylation sites (tertiary alicyclic amines) is 1. The number of thiophene rings is 1. The number of benzene rings is 1. The van der Waals surface area contributed by atoms with Crippen LogP contribution in [0, 0.1) is 0 Å². The van der Waals surface area contributed by atoms with Crippen molar-refractivity contribution in [2.75, 3.05) is 12.0 Å². The summed E-state index contributed by atoms with van der Waals surface area (Å²) in [6.07, 6.45) is -3.26. The fourth-order valence-corrected chi connectivity index (χ4v) is 3.49. The highest BCUT2D eigenvalue weighted by Crippen LogP contribution is 2.30. The fraction of sp³-hybridized carbons (Fsp3) is 0.294. The van der Waals surface area contributed by atoms with Crippen LogP contribution in [0.15, 0.2) is 41.8 Å². The summed E-state index contributed by atoms with van der Waals surface area (Å²) in [6.45, 7) is 0.471. The summed E-state index contributed by atoms with van der Waals surface area (Å²) in [6, 6.07) is 7.33. The number of anilines is 1. The van der Waals surface area contributed by atoms with Crippen LogP contribution in [0.2, 0.25) is 0 Å². The number of amides is 2. The standard InChI is InChI=1S/C17H16F3N3O2S/c18-17(19,20)11-4-1-5-12(10-11)21-22-15(24)13-6-2-8-23(13)16(25)14-7-3-9-26-14/h1,3-5,7,9-10,13,21H,2,6,8H2,(H,22,24)/t13-/m0/s1. The van der Waals surface area contributed by atoms with Crippen LogP contribution >= 0.6 is 11.3 Å². The summed E-state index contributed by atoms with van der Waals surface area (Å²) in [4.78, 5) is 26.9. The van der Waals surface area contributed by atoms with Gasteiger partial charge in [0.2, 0.25) is 0 Å². The van der Waals surface area contributed by atoms with Crippen molar-refractivity contribution < 1.29 is 22.8 Å². The van der Waals surface area contributed by atoms with E-state index in [2.05, 4.69) is 10.9 Å². The number of alkyl halides is 3. The second-order valence-electron chi connectivity index (χ2n) is 5.83. The Morgan fingerprint density at radius 3 is 2.69 bits per heavy atom. The number of carbonyl (C=O) groups is 2. The lowest BCUT2D eigenvalue weighted by Gasteiger charge is -2.23. The number of carbonyl (C=O) groups excluding carboxylic acids is 2. The van der Waals surface area contributed by atoms with E-state index in [4.69, 9.17) is 0 Å². The molecule has 1 aliphatic heterocycles. The van der Waals surface area contributed by atoms with Gasteiger partial charge >= 0.3 is 6.18 Å². The molecule has 1 aromatic carbocycles. The average molecular weight is 383 g/mol. The number of hydrogen-bond acceptors (Lipinski definition) is 4. The Bertz CT molecular complexity index is 793. The number of halogens is 3. The first-order chi connectivity index (χ1) is 12.4. The third-order valence-corrected chi connectivity index (χ3v) is 4.93. The molecule has 2 aromatic rings. The van der Waals surface area contributed by atoms with Crippen molar-refractivity contribution in [3.63, 3.8) is 0 Å². The van der Waals surface area contributed by atoms with Crippen molar-refractivity contribution in [2.24, 2.45) is 0 Å². The van der Waals surface area contributed by atoms with Gasteiger partial charge in [-0.2, -0.15) is 13.2 Å². The zero-order valence-corrected chi connectivity index (χ0v) is 14.4. The minimum atomic E-state index is -4.46. The van der Waals surface area contributed by atoms with E-state index in [1.807, 2.05) is 0 Å². The van der Waals surface area contributed by atoms with Crippen LogP contribution in [-0.4, -0.2) is 29.3 Å². The predicted molar refractivity (Wildman–Crippen MR) is 91.6 cm³/mol. The summed E-state index contributed by atoms with van der Waals surface area (Å²) in [5, 5.41) is 1.79. The summed E-state index contributed by atoms with van der Waals surface area (Å²) < 4.78 is 38.2. The van der Waals surface area contributed by atoms with Crippen LogP contribution in [-0.2, 0) is 11.0 Å². The van der Waals surface area contributed by atoms with Crippen LogP contribution < -0.4 is 10.9 Å². The Kier molecular flexibility index (Phi) is 5.17. The maximum absolute atomic E-state index is 12.7. The zero-order chi connectivity index (χ0) is 18.7. The van der Waals surface area contributed by atoms with E-state index in [0.717, 1.165) is 12.1 Å². The van der Waals surface area contributed by atoms with Gasteiger partial charge < -0.3 is 4.90 Å². The van der Waals surface area contributed by atoms with Crippen LogP contribution in [0.5, 0.6) is 0 Å². The number of rotatable bonds is 4. The Hall–Kier alpha value is -2.55. The molecule has 2 N–H and O–H groups in total. The first-order valence-corrected chi connectivity index (χ1v) is 8.82. The maximum atomic E-state index is 12.7. The summed E-state index contributed by atoms with van der Waals surface area (Å²) >= 11 is 1.30. The van der Waals surface area contributed by atoms with Gasteiger partial charge in [0.05, 0.1) is 16.1 Å². The average Bonchev–Trinajstić information content (AvgIpc) is 3.30. The van der Waals surface area contributed by atoms with Gasteiger partial charge in [-0.3, -0.25) is 20.4 Å². The second kappa shape index (κ2) is 7.36. The highest BCUT2D eigenvalue weighted by Gasteiger charge is 2.35. The van der Waals surface area contributed by atoms with Gasteiger partial charge in [0.1, 0.15) is 6.04 Å². The van der Waals surface area contributed by atoms with Gasteiger partial charge in [0, 0.05) is 6.54 Å². The summed E-state index contributed by atoms with van der Waals surface area (Å²) in [5.41, 5.74) is 4.20. The molecule has 0 unspecified atom stereocenters. The molecule has 3 rings (SSSR count). The van der Waals surface area contributed by atoms with Gasteiger partial charge in [-0.25, -0.2) is 0 Å². The molecule has 5 nitrogen and oxygen atoms in total. The normalized spacial score (nSPS) is 17.2. The molecular weight excluding hydrogens is 367 g/mol. The SMILES string of the molecule is O=C(NNc1cccc(C(F)(F)F)c1)[C@@H]1CCCN1C(=O)c1cccs1. The number of nitrogens with zero attached hydrogens (tertiary/aromatic N) is 1. The van der Waals surface area contributed by atoms with Crippen molar-refractivity contribution in [1.82, 2.24) is 10.3 Å². The molecule has 2 amide bonds. The first-order valence-electron chi connectivity index (χ1n) is 7.94. The molecule has 0 saturated carbocycles. The fourth-order valence-electron chi connectivity index (χ4n) is 2.81. The maximum Gasteiger partial charge on any atom is 0.416 e. The quantitative estimate of drug-likeness (QED) is 0.795. The highest BCUT2D eigenvalue weighted by molar-refractivity contribution is 7.12. The molecule has 0 spiro atoms. The monoisotopic (exact) mass is 383 g/mol. The second-order valence-corrected chi connectivity index (χ2v) is 6.77. The van der Waals surface area contributed by atoms with Gasteiger partial charge in [0.25, 0.3) is 11.8 Å². The van der Waals surface area contributed by atoms with Crippen molar-refractivity contribution in [3.8, 4) is 0 Å². The van der Waals surface area contributed by atoms with E-state index in [9.17, 15) is 22.8 Å². The molecule has 0 aliphatic carbocycles. The Labute approximate surface area is 151 Å². The first kappa shape index (κ1) is 18.2. The molecule has 1 aromatic heterocycles. The van der Waals surface area contributed by atoms with E-state index in [0.29, 0.717) is 24.3 Å². The number of hydrazine groups is 1. The molecular formula is C17H16F3N3O2S. The summed E-state index contributed by atoms with van der Waals surface area (Å²) in [7, 11) is 0. The molecule has 1 aliphatic rings. The van der Waals surface area contributed by atoms with E-state index >= 15 is 0 Å². The minimum absolute atomic E-state index is 0.113. The number of nitrogens with one attached hydrogen (secondary N) is 2. The van der Waals surface area contributed by atoms with Gasteiger partial charge in [0.15, 0.2) is 0 Å². The lowest BCUT2D eigenvalue weighted by molar-refractivity contribution is -0.137. The lowest BCUT2D eigenvalue weighted by atomic mass is 10.2. The van der Waals surface area contributed by atoms with E-state index in [1.54, 1.807) is 17.5 Å². The molecule has 2 heterocycles. The smallest absolute Gasteiger partial charge is 0.326 e. The Balaban J connectivity index is 1.64. The number of hydrogen-bond donors (Lipinski definition) is 2. The van der Waals surface area contributed by atoms with Gasteiger partial charge in [-0.15, -0.1) is 11.3 Å². The van der Waals surface area contributed by atoms with E-state index in [-0.39, 0.29) is 11.6 Å². The molecule has 138 valence electrons. The lowest BCUT2D eigenvalue weighted by Crippen LogP contribution is -2.47. The van der Waals surface area contributed by atoms with Crippen LogP contribution in [0.3, 0.4) is 0 Å². The van der Waals surface area contributed by atoms with Crippen molar-refractivity contribution in [2.45, 2.75) is 25.1 Å². The van der Waals surface area contributed by atoms with E-state index in [1.165, 1.54) is 28.4 Å². The highest BCUT2D eigenvalue weighted by atomic mass is 32.1.